The second kappa shape index (κ2) is 8.42. The lowest BCUT2D eigenvalue weighted by atomic mass is 10.2. The fourth-order valence-corrected chi connectivity index (χ4v) is 3.79. The second-order valence-corrected chi connectivity index (χ2v) is 8.55. The Morgan fingerprint density at radius 1 is 1.03 bits per heavy atom. The van der Waals surface area contributed by atoms with Crippen molar-refractivity contribution >= 4 is 27.1 Å². The molecule has 1 heterocycles. The third-order valence-corrected chi connectivity index (χ3v) is 5.88. The Hall–Kier alpha value is -3.58. The van der Waals surface area contributed by atoms with Crippen molar-refractivity contribution in [3.05, 3.63) is 95.7 Å². The third-order valence-electron chi connectivity index (χ3n) is 4.64. The Kier molecular flexibility index (Phi) is 5.54. The number of hydrazone groups is 1. The summed E-state index contributed by atoms with van der Waals surface area (Å²) in [6.07, 6.45) is 3.25. The van der Waals surface area contributed by atoms with E-state index in [1.807, 2.05) is 55.5 Å². The molecule has 0 spiro atoms. The minimum absolute atomic E-state index is 0.167. The smallest absolute Gasteiger partial charge is 0.276 e. The maximum Gasteiger partial charge on any atom is 0.276 e. The van der Waals surface area contributed by atoms with Crippen molar-refractivity contribution in [2.75, 3.05) is 0 Å². The first-order valence-electron chi connectivity index (χ1n) is 9.41. The molecular formula is C23H21N3O3S. The molecule has 0 radical (unpaired) electrons. The molecule has 152 valence electrons. The third kappa shape index (κ3) is 4.52. The van der Waals surface area contributed by atoms with Gasteiger partial charge in [0.15, 0.2) is 0 Å². The number of aryl methyl sites for hydroxylation is 1. The number of sulfonamides is 1. The van der Waals surface area contributed by atoms with E-state index in [1.165, 1.54) is 6.21 Å². The van der Waals surface area contributed by atoms with E-state index in [0.717, 1.165) is 33.3 Å². The van der Waals surface area contributed by atoms with Crippen LogP contribution in [0.3, 0.4) is 0 Å². The average Bonchev–Trinajstić information content (AvgIpc) is 3.15. The van der Waals surface area contributed by atoms with Crippen molar-refractivity contribution in [1.29, 1.82) is 0 Å². The van der Waals surface area contributed by atoms with E-state index >= 15 is 0 Å². The lowest BCUT2D eigenvalue weighted by Gasteiger charge is -2.06. The van der Waals surface area contributed by atoms with Crippen LogP contribution in [0, 0.1) is 6.92 Å². The zero-order valence-corrected chi connectivity index (χ0v) is 17.2. The van der Waals surface area contributed by atoms with Gasteiger partial charge < -0.3 is 9.72 Å². The van der Waals surface area contributed by atoms with E-state index in [0.29, 0.717) is 6.61 Å². The molecule has 0 saturated carbocycles. The van der Waals surface area contributed by atoms with Gasteiger partial charge in [0.05, 0.1) is 11.1 Å². The molecule has 6 nitrogen and oxygen atoms in total. The number of nitrogens with zero attached hydrogens (tertiary/aromatic N) is 1. The summed E-state index contributed by atoms with van der Waals surface area (Å²) in [5, 5.41) is 4.82. The van der Waals surface area contributed by atoms with Crippen molar-refractivity contribution in [3.63, 3.8) is 0 Å². The number of nitrogens with one attached hydrogen (secondary N) is 2. The molecule has 0 atom stereocenters. The molecule has 7 heteroatoms. The van der Waals surface area contributed by atoms with Crippen LogP contribution in [-0.4, -0.2) is 19.6 Å². The summed E-state index contributed by atoms with van der Waals surface area (Å²) in [5.41, 5.74) is 3.73. The number of benzene rings is 3. The Bertz CT molecular complexity index is 1280. The number of aromatic amines is 1. The Labute approximate surface area is 175 Å². The molecule has 0 saturated heterocycles. The SMILES string of the molecule is Cc1ccc(S(=O)(=O)N/N=C/c2c[nH]c3ccc(OCc4ccccc4)cc23)cc1. The normalized spacial score (nSPS) is 11.8. The Morgan fingerprint density at radius 2 is 1.80 bits per heavy atom. The fraction of sp³-hybridized carbons (Fsp3) is 0.0870. The second-order valence-electron chi connectivity index (χ2n) is 6.89. The molecule has 0 aliphatic heterocycles. The lowest BCUT2D eigenvalue weighted by molar-refractivity contribution is 0.306. The molecule has 0 bridgehead atoms. The van der Waals surface area contributed by atoms with E-state index in [1.54, 1.807) is 30.5 Å². The highest BCUT2D eigenvalue weighted by Gasteiger charge is 2.12. The van der Waals surface area contributed by atoms with Crippen molar-refractivity contribution in [1.82, 2.24) is 9.82 Å². The molecular weight excluding hydrogens is 398 g/mol. The van der Waals surface area contributed by atoms with E-state index in [9.17, 15) is 8.42 Å². The van der Waals surface area contributed by atoms with Crippen LogP contribution in [0.5, 0.6) is 5.75 Å². The number of aromatic nitrogens is 1. The van der Waals surface area contributed by atoms with Crippen LogP contribution < -0.4 is 9.57 Å². The molecule has 0 fully saturated rings. The first kappa shape index (κ1) is 19.7. The molecule has 3 aromatic carbocycles. The van der Waals surface area contributed by atoms with Gasteiger partial charge in [0, 0.05) is 22.7 Å². The highest BCUT2D eigenvalue weighted by molar-refractivity contribution is 7.89. The highest BCUT2D eigenvalue weighted by atomic mass is 32.2. The zero-order chi connectivity index (χ0) is 21.0. The number of fused-ring (bicyclic) bond motifs is 1. The van der Waals surface area contributed by atoms with Crippen molar-refractivity contribution in [2.45, 2.75) is 18.4 Å². The highest BCUT2D eigenvalue weighted by Crippen LogP contribution is 2.23. The zero-order valence-electron chi connectivity index (χ0n) is 16.4. The standard InChI is InChI=1S/C23H21N3O3S/c1-17-7-10-21(11-8-17)30(27,28)26-25-15-19-14-24-23-12-9-20(13-22(19)23)29-16-18-5-3-2-4-6-18/h2-15,24,26H,16H2,1H3/b25-15+. The van der Waals surface area contributed by atoms with Gasteiger partial charge >= 0.3 is 0 Å². The van der Waals surface area contributed by atoms with Gasteiger partial charge in [0.25, 0.3) is 10.0 Å². The molecule has 4 aromatic rings. The maximum atomic E-state index is 12.4. The van der Waals surface area contributed by atoms with Crippen LogP contribution in [0.15, 0.2) is 89.0 Å². The molecule has 0 aliphatic rings. The van der Waals surface area contributed by atoms with Gasteiger partial charge in [-0.15, -0.1) is 0 Å². The number of hydrogen-bond donors (Lipinski definition) is 2. The van der Waals surface area contributed by atoms with Gasteiger partial charge in [0.1, 0.15) is 12.4 Å². The van der Waals surface area contributed by atoms with Gasteiger partial charge in [-0.25, -0.2) is 4.83 Å². The van der Waals surface area contributed by atoms with Gasteiger partial charge in [-0.1, -0.05) is 48.0 Å². The van der Waals surface area contributed by atoms with Crippen LogP contribution in [0.1, 0.15) is 16.7 Å². The fourth-order valence-electron chi connectivity index (χ4n) is 2.99. The minimum atomic E-state index is -3.71. The molecule has 4 rings (SSSR count). The van der Waals surface area contributed by atoms with E-state index < -0.39 is 10.0 Å². The largest absolute Gasteiger partial charge is 0.489 e. The summed E-state index contributed by atoms with van der Waals surface area (Å²) >= 11 is 0. The predicted octanol–water partition coefficient (Wildman–Crippen LogP) is 4.37. The minimum Gasteiger partial charge on any atom is -0.489 e. The van der Waals surface area contributed by atoms with Crippen molar-refractivity contribution < 1.29 is 13.2 Å². The topological polar surface area (TPSA) is 83.5 Å². The van der Waals surface area contributed by atoms with Gasteiger partial charge in [-0.3, -0.25) is 0 Å². The van der Waals surface area contributed by atoms with E-state index in [2.05, 4.69) is 14.9 Å². The number of rotatable bonds is 7. The molecule has 0 amide bonds. The number of ether oxygens (including phenoxy) is 1. The number of H-pyrrole nitrogens is 1. The molecule has 0 aliphatic carbocycles. The number of hydrogen-bond acceptors (Lipinski definition) is 4. The van der Waals surface area contributed by atoms with Crippen LogP contribution in [0.2, 0.25) is 0 Å². The average molecular weight is 420 g/mol. The Balaban J connectivity index is 1.49. The van der Waals surface area contributed by atoms with Gasteiger partial charge in [0.2, 0.25) is 0 Å². The molecule has 2 N–H and O–H groups in total. The molecule has 30 heavy (non-hydrogen) atoms. The first-order chi connectivity index (χ1) is 14.5. The van der Waals surface area contributed by atoms with Crippen molar-refractivity contribution in [2.24, 2.45) is 5.10 Å². The van der Waals surface area contributed by atoms with Crippen LogP contribution in [0.4, 0.5) is 0 Å². The van der Waals surface area contributed by atoms with Crippen LogP contribution >= 0.6 is 0 Å². The quantitative estimate of drug-likeness (QED) is 0.345. The summed E-state index contributed by atoms with van der Waals surface area (Å²) in [6, 6.07) is 22.2. The van der Waals surface area contributed by atoms with Gasteiger partial charge in [-0.05, 0) is 42.8 Å². The monoisotopic (exact) mass is 419 g/mol. The lowest BCUT2D eigenvalue weighted by Crippen LogP contribution is -2.18. The Morgan fingerprint density at radius 3 is 2.57 bits per heavy atom. The summed E-state index contributed by atoms with van der Waals surface area (Å²) in [5.74, 6) is 0.723. The summed E-state index contributed by atoms with van der Waals surface area (Å²) in [4.78, 5) is 5.57. The van der Waals surface area contributed by atoms with Crippen LogP contribution in [-0.2, 0) is 16.6 Å². The molecule has 0 unspecified atom stereocenters. The van der Waals surface area contributed by atoms with E-state index in [4.69, 9.17) is 4.74 Å². The van der Waals surface area contributed by atoms with Gasteiger partial charge in [-0.2, -0.15) is 13.5 Å². The van der Waals surface area contributed by atoms with Crippen molar-refractivity contribution in [3.8, 4) is 5.75 Å². The molecule has 1 aromatic heterocycles. The predicted molar refractivity (Wildman–Crippen MR) is 118 cm³/mol. The van der Waals surface area contributed by atoms with Crippen LogP contribution in [0.25, 0.3) is 10.9 Å². The van der Waals surface area contributed by atoms with E-state index in [-0.39, 0.29) is 4.90 Å². The first-order valence-corrected chi connectivity index (χ1v) is 10.9. The maximum absolute atomic E-state index is 12.4. The summed E-state index contributed by atoms with van der Waals surface area (Å²) in [7, 11) is -3.71. The summed E-state index contributed by atoms with van der Waals surface area (Å²) in [6.45, 7) is 2.37. The summed E-state index contributed by atoms with van der Waals surface area (Å²) < 4.78 is 30.6.